The fraction of sp³-hybridized carbons (Fsp3) is 1.00. The van der Waals surface area contributed by atoms with Crippen LogP contribution in [0.15, 0.2) is 0 Å². The molecule has 0 N–H and O–H groups in total. The maximum atomic E-state index is 2.55. The number of hydrogen-bond donors (Lipinski definition) is 0. The van der Waals surface area contributed by atoms with Gasteiger partial charge in [-0.2, -0.15) is 0 Å². The van der Waals surface area contributed by atoms with E-state index in [1.54, 1.807) is 19.3 Å². The third-order valence-corrected chi connectivity index (χ3v) is 4.63. The summed E-state index contributed by atoms with van der Waals surface area (Å²) in [7, 11) is 0. The molecule has 0 aliphatic heterocycles. The maximum absolute atomic E-state index is 2.55. The van der Waals surface area contributed by atoms with Gasteiger partial charge in [0.05, 0.1) is 0 Å². The second-order valence-corrected chi connectivity index (χ2v) is 5.61. The zero-order valence-corrected chi connectivity index (χ0v) is 9.31. The summed E-state index contributed by atoms with van der Waals surface area (Å²) in [6.45, 7) is 4.86. The molecule has 0 heteroatoms. The highest BCUT2D eigenvalue weighted by molar-refractivity contribution is 5.01. The van der Waals surface area contributed by atoms with E-state index in [0.717, 1.165) is 17.3 Å². The standard InChI is InChI=1S/C13H24/c1-3-4-5-9-13(2)10-11-7-6-8-12(11)13/h11-12H,3-10H2,1-2H3. The van der Waals surface area contributed by atoms with Crippen LogP contribution in [0.1, 0.15) is 65.2 Å². The molecule has 2 fully saturated rings. The van der Waals surface area contributed by atoms with Crippen molar-refractivity contribution >= 4 is 0 Å². The van der Waals surface area contributed by atoms with Crippen molar-refractivity contribution in [2.24, 2.45) is 17.3 Å². The van der Waals surface area contributed by atoms with E-state index in [9.17, 15) is 0 Å². The van der Waals surface area contributed by atoms with Crippen LogP contribution >= 0.6 is 0 Å². The van der Waals surface area contributed by atoms with Gasteiger partial charge in [-0.05, 0) is 36.5 Å². The Morgan fingerprint density at radius 1 is 1.23 bits per heavy atom. The second-order valence-electron chi connectivity index (χ2n) is 5.61. The molecule has 0 aromatic heterocycles. The van der Waals surface area contributed by atoms with Crippen molar-refractivity contribution in [1.29, 1.82) is 0 Å². The van der Waals surface area contributed by atoms with Crippen molar-refractivity contribution in [3.63, 3.8) is 0 Å². The first-order chi connectivity index (χ1) is 6.26. The summed E-state index contributed by atoms with van der Waals surface area (Å²) in [6.07, 6.45) is 12.0. The van der Waals surface area contributed by atoms with Crippen LogP contribution in [-0.4, -0.2) is 0 Å². The molecule has 2 rings (SSSR count). The summed E-state index contributed by atoms with van der Waals surface area (Å²) in [4.78, 5) is 0. The quantitative estimate of drug-likeness (QED) is 0.563. The second kappa shape index (κ2) is 3.63. The van der Waals surface area contributed by atoms with Crippen LogP contribution in [-0.2, 0) is 0 Å². The van der Waals surface area contributed by atoms with Crippen LogP contribution in [0.5, 0.6) is 0 Å². The Bertz CT molecular complexity index is 173. The van der Waals surface area contributed by atoms with Gasteiger partial charge >= 0.3 is 0 Å². The lowest BCUT2D eigenvalue weighted by Crippen LogP contribution is -2.42. The minimum Gasteiger partial charge on any atom is -0.0654 e. The van der Waals surface area contributed by atoms with E-state index in [1.807, 2.05) is 0 Å². The number of rotatable bonds is 4. The normalized spacial score (nSPS) is 42.9. The summed E-state index contributed by atoms with van der Waals surface area (Å²) in [5.41, 5.74) is 0.774. The first-order valence-corrected chi connectivity index (χ1v) is 6.26. The van der Waals surface area contributed by atoms with Crippen LogP contribution in [0.25, 0.3) is 0 Å². The van der Waals surface area contributed by atoms with Gasteiger partial charge in [-0.25, -0.2) is 0 Å². The Labute approximate surface area is 83.1 Å². The van der Waals surface area contributed by atoms with Gasteiger partial charge in [0.2, 0.25) is 0 Å². The lowest BCUT2D eigenvalue weighted by Gasteiger charge is -2.51. The molecule has 0 heterocycles. The number of hydrogen-bond acceptors (Lipinski definition) is 0. The van der Waals surface area contributed by atoms with Gasteiger partial charge in [0.1, 0.15) is 0 Å². The third-order valence-electron chi connectivity index (χ3n) is 4.63. The molecule has 0 saturated heterocycles. The number of unbranched alkanes of at least 4 members (excludes halogenated alkanes) is 2. The van der Waals surface area contributed by atoms with Crippen LogP contribution < -0.4 is 0 Å². The number of fused-ring (bicyclic) bond motifs is 1. The molecule has 2 aliphatic rings. The predicted octanol–water partition coefficient (Wildman–Crippen LogP) is 4.39. The molecule has 0 amide bonds. The molecule has 0 spiro atoms. The van der Waals surface area contributed by atoms with E-state index >= 15 is 0 Å². The molecule has 0 aromatic carbocycles. The van der Waals surface area contributed by atoms with E-state index in [4.69, 9.17) is 0 Å². The molecule has 2 aliphatic carbocycles. The van der Waals surface area contributed by atoms with E-state index in [-0.39, 0.29) is 0 Å². The van der Waals surface area contributed by atoms with Gasteiger partial charge in [-0.3, -0.25) is 0 Å². The highest BCUT2D eigenvalue weighted by Crippen LogP contribution is 2.60. The fourth-order valence-corrected chi connectivity index (χ4v) is 3.85. The molecule has 0 nitrogen and oxygen atoms in total. The monoisotopic (exact) mass is 180 g/mol. The van der Waals surface area contributed by atoms with E-state index in [0.29, 0.717) is 0 Å². The van der Waals surface area contributed by atoms with Gasteiger partial charge in [0.25, 0.3) is 0 Å². The smallest absolute Gasteiger partial charge is 0.0292 e. The van der Waals surface area contributed by atoms with Crippen molar-refractivity contribution in [2.45, 2.75) is 65.2 Å². The summed E-state index contributed by atoms with van der Waals surface area (Å²) in [6, 6.07) is 0. The Balaban J connectivity index is 1.78. The minimum absolute atomic E-state index is 0.774. The van der Waals surface area contributed by atoms with Gasteiger partial charge in [-0.1, -0.05) is 46.0 Å². The van der Waals surface area contributed by atoms with Crippen molar-refractivity contribution in [2.75, 3.05) is 0 Å². The average molecular weight is 180 g/mol. The van der Waals surface area contributed by atoms with Crippen LogP contribution in [0.3, 0.4) is 0 Å². The topological polar surface area (TPSA) is 0 Å². The zero-order valence-electron chi connectivity index (χ0n) is 9.31. The van der Waals surface area contributed by atoms with E-state index < -0.39 is 0 Å². The lowest BCUT2D eigenvalue weighted by atomic mass is 9.54. The zero-order chi connectivity index (χ0) is 9.31. The van der Waals surface area contributed by atoms with Gasteiger partial charge < -0.3 is 0 Å². The van der Waals surface area contributed by atoms with Crippen molar-refractivity contribution < 1.29 is 0 Å². The molecule has 0 radical (unpaired) electrons. The van der Waals surface area contributed by atoms with Gasteiger partial charge in [-0.15, -0.1) is 0 Å². The minimum atomic E-state index is 0.774. The first kappa shape index (κ1) is 9.55. The molecule has 3 atom stereocenters. The Hall–Kier alpha value is 0. The molecule has 0 aromatic rings. The first-order valence-electron chi connectivity index (χ1n) is 6.26. The predicted molar refractivity (Wildman–Crippen MR) is 57.7 cm³/mol. The molecular formula is C13H24. The molecular weight excluding hydrogens is 156 g/mol. The molecule has 3 unspecified atom stereocenters. The average Bonchev–Trinajstić information content (AvgIpc) is 2.48. The van der Waals surface area contributed by atoms with Crippen LogP contribution in [0.2, 0.25) is 0 Å². The van der Waals surface area contributed by atoms with Crippen LogP contribution in [0, 0.1) is 17.3 Å². The largest absolute Gasteiger partial charge is 0.0654 e. The molecule has 2 saturated carbocycles. The summed E-state index contributed by atoms with van der Waals surface area (Å²) in [5, 5.41) is 0. The third kappa shape index (κ3) is 1.65. The van der Waals surface area contributed by atoms with E-state index in [1.165, 1.54) is 32.1 Å². The van der Waals surface area contributed by atoms with Gasteiger partial charge in [0, 0.05) is 0 Å². The Morgan fingerprint density at radius 3 is 2.77 bits per heavy atom. The van der Waals surface area contributed by atoms with Crippen molar-refractivity contribution in [1.82, 2.24) is 0 Å². The maximum Gasteiger partial charge on any atom is -0.0292 e. The van der Waals surface area contributed by atoms with Crippen molar-refractivity contribution in [3.8, 4) is 0 Å². The highest BCUT2D eigenvalue weighted by atomic mass is 14.6. The van der Waals surface area contributed by atoms with E-state index in [2.05, 4.69) is 13.8 Å². The molecule has 76 valence electrons. The van der Waals surface area contributed by atoms with Crippen LogP contribution in [0.4, 0.5) is 0 Å². The Kier molecular flexibility index (Phi) is 2.67. The lowest BCUT2D eigenvalue weighted by molar-refractivity contribution is -0.0134. The fourth-order valence-electron chi connectivity index (χ4n) is 3.85. The molecule has 0 bridgehead atoms. The van der Waals surface area contributed by atoms with Crippen molar-refractivity contribution in [3.05, 3.63) is 0 Å². The molecule has 13 heavy (non-hydrogen) atoms. The van der Waals surface area contributed by atoms with Gasteiger partial charge in [0.15, 0.2) is 0 Å². The highest BCUT2D eigenvalue weighted by Gasteiger charge is 2.51. The summed E-state index contributed by atoms with van der Waals surface area (Å²) < 4.78 is 0. The SMILES string of the molecule is CCCCCC1(C)CC2CCCC21. The summed E-state index contributed by atoms with van der Waals surface area (Å²) >= 11 is 0. The summed E-state index contributed by atoms with van der Waals surface area (Å²) in [5.74, 6) is 2.27. The Morgan fingerprint density at radius 2 is 2.08 bits per heavy atom.